The molecule has 0 aliphatic heterocycles. The molecule has 268 valence electrons. The van der Waals surface area contributed by atoms with E-state index >= 15 is 0 Å². The Kier molecular flexibility index (Phi) is 7.89. The Bertz CT molecular complexity index is 3220. The van der Waals surface area contributed by atoms with Crippen LogP contribution in [-0.2, 0) is 0 Å². The SMILES string of the molecule is C1=C(c2ccccc2)C=C(c2ccc(-n3c4ccccc4c4c(-c5ccc6c(c5)c5cccnc5n6-c5ccccc5)cccc43)cc2)C=C(c2ccccc2)C1. The zero-order chi connectivity index (χ0) is 37.7. The quantitative estimate of drug-likeness (QED) is 0.167. The van der Waals surface area contributed by atoms with E-state index in [-0.39, 0.29) is 0 Å². The molecule has 0 unspecified atom stereocenters. The average molecular weight is 728 g/mol. The number of allylic oxidation sites excluding steroid dienone is 6. The molecule has 0 amide bonds. The number of rotatable bonds is 6. The van der Waals surface area contributed by atoms with Gasteiger partial charge in [-0.2, -0.15) is 0 Å². The van der Waals surface area contributed by atoms with Crippen molar-refractivity contribution in [2.75, 3.05) is 0 Å². The van der Waals surface area contributed by atoms with Crippen molar-refractivity contribution >= 4 is 60.5 Å². The Morgan fingerprint density at radius 1 is 0.404 bits per heavy atom. The normalized spacial score (nSPS) is 13.2. The zero-order valence-corrected chi connectivity index (χ0v) is 31.3. The third-order valence-electron chi connectivity index (χ3n) is 11.4. The van der Waals surface area contributed by atoms with Crippen LogP contribution in [0.15, 0.2) is 212 Å². The summed E-state index contributed by atoms with van der Waals surface area (Å²) in [7, 11) is 0. The van der Waals surface area contributed by atoms with Gasteiger partial charge in [-0.15, -0.1) is 0 Å². The van der Waals surface area contributed by atoms with Gasteiger partial charge < -0.3 is 4.57 Å². The minimum absolute atomic E-state index is 0.870. The number of fused-ring (bicyclic) bond motifs is 6. The van der Waals surface area contributed by atoms with Crippen LogP contribution in [0.25, 0.3) is 83.0 Å². The van der Waals surface area contributed by atoms with Crippen molar-refractivity contribution in [2.24, 2.45) is 0 Å². The Labute approximate surface area is 331 Å². The van der Waals surface area contributed by atoms with E-state index in [2.05, 4.69) is 209 Å². The highest BCUT2D eigenvalue weighted by Crippen LogP contribution is 2.41. The maximum Gasteiger partial charge on any atom is 0.145 e. The highest BCUT2D eigenvalue weighted by Gasteiger charge is 2.19. The molecule has 3 nitrogen and oxygen atoms in total. The fraction of sp³-hybridized carbons (Fsp3) is 0.0185. The van der Waals surface area contributed by atoms with E-state index in [1.54, 1.807) is 0 Å². The lowest BCUT2D eigenvalue weighted by Crippen LogP contribution is -1.95. The van der Waals surface area contributed by atoms with Gasteiger partial charge in [-0.25, -0.2) is 4.98 Å². The predicted molar refractivity (Wildman–Crippen MR) is 240 cm³/mol. The summed E-state index contributed by atoms with van der Waals surface area (Å²) in [6, 6.07) is 67.7. The van der Waals surface area contributed by atoms with Gasteiger partial charge in [0.05, 0.1) is 16.6 Å². The van der Waals surface area contributed by atoms with Crippen LogP contribution in [-0.4, -0.2) is 14.1 Å². The molecule has 0 bridgehead atoms. The van der Waals surface area contributed by atoms with Crippen molar-refractivity contribution in [3.8, 4) is 22.5 Å². The molecule has 0 saturated heterocycles. The van der Waals surface area contributed by atoms with Gasteiger partial charge in [0.15, 0.2) is 0 Å². The fourth-order valence-corrected chi connectivity index (χ4v) is 8.78. The van der Waals surface area contributed by atoms with E-state index < -0.39 is 0 Å². The first kappa shape index (κ1) is 32.9. The molecule has 0 spiro atoms. The van der Waals surface area contributed by atoms with Crippen molar-refractivity contribution in [1.29, 1.82) is 0 Å². The number of nitrogens with zero attached hydrogens (tertiary/aromatic N) is 3. The molecule has 3 heterocycles. The topological polar surface area (TPSA) is 22.8 Å². The first-order valence-corrected chi connectivity index (χ1v) is 19.6. The molecule has 0 radical (unpaired) electrons. The molecular weight excluding hydrogens is 691 g/mol. The lowest BCUT2D eigenvalue weighted by Gasteiger charge is -2.12. The maximum absolute atomic E-state index is 4.85. The molecule has 3 aromatic heterocycles. The Morgan fingerprint density at radius 2 is 1.04 bits per heavy atom. The number of benzene rings is 7. The lowest BCUT2D eigenvalue weighted by molar-refractivity contribution is 1.14. The average Bonchev–Trinajstić information content (AvgIpc) is 3.70. The molecule has 3 heteroatoms. The molecule has 0 atom stereocenters. The number of aromatic nitrogens is 3. The van der Waals surface area contributed by atoms with Crippen LogP contribution >= 0.6 is 0 Å². The van der Waals surface area contributed by atoms with Crippen molar-refractivity contribution in [1.82, 2.24) is 14.1 Å². The van der Waals surface area contributed by atoms with Crippen LogP contribution in [0, 0.1) is 0 Å². The fourth-order valence-electron chi connectivity index (χ4n) is 8.78. The van der Waals surface area contributed by atoms with E-state index in [0.717, 1.165) is 34.3 Å². The van der Waals surface area contributed by atoms with Crippen molar-refractivity contribution in [2.45, 2.75) is 6.42 Å². The van der Waals surface area contributed by atoms with Gasteiger partial charge in [-0.1, -0.05) is 140 Å². The molecule has 10 aromatic rings. The summed E-state index contributed by atoms with van der Waals surface area (Å²) in [5.74, 6) is 0. The van der Waals surface area contributed by atoms with Gasteiger partial charge in [0.2, 0.25) is 0 Å². The van der Waals surface area contributed by atoms with Gasteiger partial charge in [-0.05, 0) is 118 Å². The molecular formula is C54H37N3. The van der Waals surface area contributed by atoms with Gasteiger partial charge in [0.1, 0.15) is 5.65 Å². The van der Waals surface area contributed by atoms with Crippen LogP contribution in [0.1, 0.15) is 23.1 Å². The van der Waals surface area contributed by atoms with Crippen molar-refractivity contribution < 1.29 is 0 Å². The smallest absolute Gasteiger partial charge is 0.145 e. The van der Waals surface area contributed by atoms with Crippen LogP contribution < -0.4 is 0 Å². The largest absolute Gasteiger partial charge is 0.309 e. The zero-order valence-electron chi connectivity index (χ0n) is 31.3. The van der Waals surface area contributed by atoms with E-state index in [1.807, 2.05) is 12.3 Å². The summed E-state index contributed by atoms with van der Waals surface area (Å²) in [5, 5.41) is 4.83. The molecule has 1 aliphatic rings. The monoisotopic (exact) mass is 727 g/mol. The van der Waals surface area contributed by atoms with Crippen LogP contribution in [0.4, 0.5) is 0 Å². The van der Waals surface area contributed by atoms with E-state index in [4.69, 9.17) is 4.98 Å². The van der Waals surface area contributed by atoms with Gasteiger partial charge in [0, 0.05) is 39.1 Å². The Morgan fingerprint density at radius 3 is 1.84 bits per heavy atom. The number of hydrogen-bond donors (Lipinski definition) is 0. The van der Waals surface area contributed by atoms with Crippen molar-refractivity contribution in [3.05, 3.63) is 229 Å². The van der Waals surface area contributed by atoms with Crippen LogP contribution in [0.5, 0.6) is 0 Å². The molecule has 0 N–H and O–H groups in total. The van der Waals surface area contributed by atoms with Crippen LogP contribution in [0.3, 0.4) is 0 Å². The summed E-state index contributed by atoms with van der Waals surface area (Å²) in [5.41, 5.74) is 16.6. The highest BCUT2D eigenvalue weighted by molar-refractivity contribution is 6.17. The Balaban J connectivity index is 1.04. The predicted octanol–water partition coefficient (Wildman–Crippen LogP) is 13.9. The minimum atomic E-state index is 0.870. The highest BCUT2D eigenvalue weighted by atomic mass is 15.0. The van der Waals surface area contributed by atoms with E-state index in [1.165, 1.54) is 71.7 Å². The van der Waals surface area contributed by atoms with Crippen LogP contribution in [0.2, 0.25) is 0 Å². The number of para-hydroxylation sites is 2. The van der Waals surface area contributed by atoms with E-state index in [0.29, 0.717) is 0 Å². The molecule has 11 rings (SSSR count). The summed E-state index contributed by atoms with van der Waals surface area (Å²) >= 11 is 0. The maximum atomic E-state index is 4.85. The lowest BCUT2D eigenvalue weighted by atomic mass is 9.97. The summed E-state index contributed by atoms with van der Waals surface area (Å²) < 4.78 is 4.69. The van der Waals surface area contributed by atoms with Crippen molar-refractivity contribution in [3.63, 3.8) is 0 Å². The number of hydrogen-bond acceptors (Lipinski definition) is 1. The molecule has 7 aromatic carbocycles. The molecule has 0 saturated carbocycles. The van der Waals surface area contributed by atoms with Gasteiger partial charge >= 0.3 is 0 Å². The minimum Gasteiger partial charge on any atom is -0.309 e. The molecule has 1 aliphatic carbocycles. The summed E-state index contributed by atoms with van der Waals surface area (Å²) in [6.07, 6.45) is 9.83. The second-order valence-corrected chi connectivity index (χ2v) is 14.7. The number of pyridine rings is 1. The molecule has 57 heavy (non-hydrogen) atoms. The summed E-state index contributed by atoms with van der Waals surface area (Å²) in [4.78, 5) is 4.85. The standard InChI is InChI=1S/C54H37N3/c1-4-14-37(15-5-1)40-25-26-41(38-16-6-2-7-17-38)35-43(34-40)39-27-30-45(31-28-39)56-50-23-11-10-20-48(50)53-46(21-12-24-52(53)56)42-29-32-51-49(36-42)47-22-13-33-55-54(47)57(51)44-18-8-3-9-19-44/h1-25,27-36H,26H2. The van der Waals surface area contributed by atoms with E-state index in [9.17, 15) is 0 Å². The second-order valence-electron chi connectivity index (χ2n) is 14.7. The second kappa shape index (κ2) is 13.7. The first-order valence-electron chi connectivity index (χ1n) is 19.6. The van der Waals surface area contributed by atoms with Gasteiger partial charge in [0.25, 0.3) is 0 Å². The summed E-state index contributed by atoms with van der Waals surface area (Å²) in [6.45, 7) is 0. The Hall–Kier alpha value is -7.49. The first-order chi connectivity index (χ1) is 28.3. The molecule has 0 fully saturated rings. The van der Waals surface area contributed by atoms with Gasteiger partial charge in [-0.3, -0.25) is 4.57 Å². The third-order valence-corrected chi connectivity index (χ3v) is 11.4. The third kappa shape index (κ3) is 5.63.